The van der Waals surface area contributed by atoms with Crippen LogP contribution in [0.1, 0.15) is 18.4 Å². The first-order valence-corrected chi connectivity index (χ1v) is 4.83. The number of benzene rings is 1. The van der Waals surface area contributed by atoms with Crippen molar-refractivity contribution in [3.05, 3.63) is 35.9 Å². The molecule has 0 aromatic heterocycles. The summed E-state index contributed by atoms with van der Waals surface area (Å²) in [6.45, 7) is 0. The molecule has 0 spiro atoms. The summed E-state index contributed by atoms with van der Waals surface area (Å²) in [5.74, 6) is 3.82. The fourth-order valence-corrected chi connectivity index (χ4v) is 1.65. The zero-order chi connectivity index (χ0) is 12.0. The highest BCUT2D eigenvalue weighted by Crippen LogP contribution is 2.31. The number of terminal acetylenes is 2. The number of hydrogen-bond donors (Lipinski definition) is 1. The second kappa shape index (κ2) is 5.05. The first-order chi connectivity index (χ1) is 7.67. The Hall–Kier alpha value is -2.19. The van der Waals surface area contributed by atoms with Crippen LogP contribution in [0.25, 0.3) is 0 Å². The second-order valence-corrected chi connectivity index (χ2v) is 3.52. The molecular formula is C14H12O2. The van der Waals surface area contributed by atoms with Crippen LogP contribution in [0, 0.1) is 24.7 Å². The Bertz CT molecular complexity index is 430. The van der Waals surface area contributed by atoms with E-state index in [1.165, 1.54) is 0 Å². The van der Waals surface area contributed by atoms with Crippen LogP contribution in [-0.4, -0.2) is 11.1 Å². The third-order valence-corrected chi connectivity index (χ3v) is 2.54. The van der Waals surface area contributed by atoms with E-state index in [4.69, 9.17) is 12.8 Å². The van der Waals surface area contributed by atoms with Gasteiger partial charge in [0.15, 0.2) is 0 Å². The van der Waals surface area contributed by atoms with E-state index in [0.29, 0.717) is 5.56 Å². The predicted molar refractivity (Wildman–Crippen MR) is 62.7 cm³/mol. The van der Waals surface area contributed by atoms with Gasteiger partial charge in [0.1, 0.15) is 5.41 Å². The third kappa shape index (κ3) is 2.07. The lowest BCUT2D eigenvalue weighted by atomic mass is 9.75. The van der Waals surface area contributed by atoms with Gasteiger partial charge in [0.05, 0.1) is 0 Å². The molecule has 0 aliphatic heterocycles. The van der Waals surface area contributed by atoms with Crippen molar-refractivity contribution in [3.8, 4) is 24.7 Å². The van der Waals surface area contributed by atoms with E-state index < -0.39 is 11.4 Å². The molecular weight excluding hydrogens is 200 g/mol. The maximum absolute atomic E-state index is 11.4. The van der Waals surface area contributed by atoms with Gasteiger partial charge in [-0.05, 0) is 5.56 Å². The maximum Gasteiger partial charge on any atom is 0.316 e. The molecule has 1 rings (SSSR count). The summed E-state index contributed by atoms with van der Waals surface area (Å²) in [5.41, 5.74) is -0.511. The van der Waals surface area contributed by atoms with Crippen LogP contribution in [0.5, 0.6) is 0 Å². The van der Waals surface area contributed by atoms with Crippen molar-refractivity contribution in [2.24, 2.45) is 0 Å². The second-order valence-electron chi connectivity index (χ2n) is 3.52. The van der Waals surface area contributed by atoms with Gasteiger partial charge >= 0.3 is 5.97 Å². The van der Waals surface area contributed by atoms with Crippen molar-refractivity contribution in [2.75, 3.05) is 0 Å². The van der Waals surface area contributed by atoms with E-state index in [1.807, 2.05) is 6.07 Å². The molecule has 0 saturated heterocycles. The summed E-state index contributed by atoms with van der Waals surface area (Å²) in [6, 6.07) is 8.85. The predicted octanol–water partition coefficient (Wildman–Crippen LogP) is 2.06. The Kier molecular flexibility index (Phi) is 3.75. The molecule has 1 aromatic carbocycles. The van der Waals surface area contributed by atoms with E-state index in [2.05, 4.69) is 11.8 Å². The smallest absolute Gasteiger partial charge is 0.316 e. The van der Waals surface area contributed by atoms with Gasteiger partial charge in [-0.3, -0.25) is 4.79 Å². The van der Waals surface area contributed by atoms with Gasteiger partial charge in [-0.15, -0.1) is 24.7 Å². The topological polar surface area (TPSA) is 37.3 Å². The highest BCUT2D eigenvalue weighted by molar-refractivity contribution is 5.82. The Morgan fingerprint density at radius 2 is 1.69 bits per heavy atom. The molecule has 0 aliphatic rings. The normalized spacial score (nSPS) is 10.1. The van der Waals surface area contributed by atoms with Crippen LogP contribution >= 0.6 is 0 Å². The van der Waals surface area contributed by atoms with Crippen molar-refractivity contribution in [2.45, 2.75) is 18.3 Å². The van der Waals surface area contributed by atoms with E-state index in [-0.39, 0.29) is 12.8 Å². The SMILES string of the molecule is C#CCC(CC#C)(C(=O)O)c1ccccc1. The molecule has 0 amide bonds. The lowest BCUT2D eigenvalue weighted by Crippen LogP contribution is -2.35. The van der Waals surface area contributed by atoms with Crippen LogP contribution in [0.15, 0.2) is 30.3 Å². The lowest BCUT2D eigenvalue weighted by Gasteiger charge is -2.25. The Labute approximate surface area is 95.3 Å². The fraction of sp³-hybridized carbons (Fsp3) is 0.214. The summed E-state index contributed by atoms with van der Waals surface area (Å²) in [7, 11) is 0. The Balaban J connectivity index is 3.29. The van der Waals surface area contributed by atoms with E-state index in [1.54, 1.807) is 24.3 Å². The van der Waals surface area contributed by atoms with Gasteiger partial charge < -0.3 is 5.11 Å². The van der Waals surface area contributed by atoms with Crippen LogP contribution in [0.2, 0.25) is 0 Å². The molecule has 0 bridgehead atoms. The molecule has 1 aromatic rings. The molecule has 0 aliphatic carbocycles. The van der Waals surface area contributed by atoms with Gasteiger partial charge in [-0.1, -0.05) is 30.3 Å². The quantitative estimate of drug-likeness (QED) is 0.775. The molecule has 2 heteroatoms. The van der Waals surface area contributed by atoms with Gasteiger partial charge in [-0.2, -0.15) is 0 Å². The Morgan fingerprint density at radius 3 is 2.06 bits per heavy atom. The highest BCUT2D eigenvalue weighted by Gasteiger charge is 2.38. The van der Waals surface area contributed by atoms with Crippen molar-refractivity contribution in [1.29, 1.82) is 0 Å². The lowest BCUT2D eigenvalue weighted by molar-refractivity contribution is -0.143. The van der Waals surface area contributed by atoms with Crippen molar-refractivity contribution >= 4 is 5.97 Å². The highest BCUT2D eigenvalue weighted by atomic mass is 16.4. The minimum absolute atomic E-state index is 0.0938. The first-order valence-electron chi connectivity index (χ1n) is 4.83. The van der Waals surface area contributed by atoms with Crippen LogP contribution in [-0.2, 0) is 10.2 Å². The molecule has 0 atom stereocenters. The molecule has 16 heavy (non-hydrogen) atoms. The molecule has 0 saturated carbocycles. The summed E-state index contributed by atoms with van der Waals surface area (Å²) in [5, 5.41) is 9.35. The molecule has 0 heterocycles. The number of aliphatic carboxylic acids is 1. The van der Waals surface area contributed by atoms with Gasteiger partial charge in [0.2, 0.25) is 0 Å². The van der Waals surface area contributed by atoms with Gasteiger partial charge in [0, 0.05) is 12.8 Å². The largest absolute Gasteiger partial charge is 0.481 e. The summed E-state index contributed by atoms with van der Waals surface area (Å²) >= 11 is 0. The molecule has 0 fully saturated rings. The molecule has 2 nitrogen and oxygen atoms in total. The standard InChI is InChI=1S/C14H12O2/c1-3-10-14(11-4-2,13(15)16)12-8-6-5-7-9-12/h1-2,5-9H,10-11H2,(H,15,16). The number of rotatable bonds is 4. The van der Waals surface area contributed by atoms with Crippen molar-refractivity contribution in [1.82, 2.24) is 0 Å². The molecule has 0 radical (unpaired) electrons. The number of hydrogen-bond acceptors (Lipinski definition) is 1. The number of carbonyl (C=O) groups is 1. The molecule has 80 valence electrons. The Morgan fingerprint density at radius 1 is 1.19 bits per heavy atom. The minimum atomic E-state index is -1.16. The minimum Gasteiger partial charge on any atom is -0.481 e. The molecule has 0 unspecified atom stereocenters. The average molecular weight is 212 g/mol. The van der Waals surface area contributed by atoms with Crippen LogP contribution < -0.4 is 0 Å². The number of carboxylic acids is 1. The first kappa shape index (κ1) is 11.9. The van der Waals surface area contributed by atoms with E-state index in [0.717, 1.165) is 0 Å². The fourth-order valence-electron chi connectivity index (χ4n) is 1.65. The van der Waals surface area contributed by atoms with E-state index in [9.17, 15) is 9.90 Å². The average Bonchev–Trinajstić information content (AvgIpc) is 2.29. The maximum atomic E-state index is 11.4. The van der Waals surface area contributed by atoms with Crippen molar-refractivity contribution < 1.29 is 9.90 Å². The zero-order valence-electron chi connectivity index (χ0n) is 8.81. The van der Waals surface area contributed by atoms with Crippen molar-refractivity contribution in [3.63, 3.8) is 0 Å². The summed E-state index contributed by atoms with van der Waals surface area (Å²) in [6.07, 6.45) is 10.7. The third-order valence-electron chi connectivity index (χ3n) is 2.54. The van der Waals surface area contributed by atoms with Gasteiger partial charge in [0.25, 0.3) is 0 Å². The van der Waals surface area contributed by atoms with E-state index >= 15 is 0 Å². The van der Waals surface area contributed by atoms with Crippen LogP contribution in [0.4, 0.5) is 0 Å². The number of carboxylic acid groups (broad SMARTS) is 1. The summed E-state index contributed by atoms with van der Waals surface area (Å²) in [4.78, 5) is 11.4. The molecule has 1 N–H and O–H groups in total. The zero-order valence-corrected chi connectivity index (χ0v) is 8.81. The summed E-state index contributed by atoms with van der Waals surface area (Å²) < 4.78 is 0. The van der Waals surface area contributed by atoms with Crippen LogP contribution in [0.3, 0.4) is 0 Å². The van der Waals surface area contributed by atoms with Gasteiger partial charge in [-0.25, -0.2) is 0 Å². The monoisotopic (exact) mass is 212 g/mol.